The van der Waals surface area contributed by atoms with E-state index in [1.54, 1.807) is 0 Å². The molecule has 0 aromatic rings. The number of nitrogens with one attached hydrogen (secondary N) is 1. The fourth-order valence-corrected chi connectivity index (χ4v) is 0.621. The van der Waals surface area contributed by atoms with Gasteiger partial charge in [0.05, 0.1) is 0 Å². The fourth-order valence-electron chi connectivity index (χ4n) is 0.532. The Morgan fingerprint density at radius 1 is 1.70 bits per heavy atom. The molecule has 0 rings (SSSR count). The first kappa shape index (κ1) is 9.73. The van der Waals surface area contributed by atoms with Crippen molar-refractivity contribution in [2.24, 2.45) is 0 Å². The Morgan fingerprint density at radius 2 is 2.40 bits per heavy atom. The van der Waals surface area contributed by atoms with E-state index in [9.17, 15) is 0 Å². The van der Waals surface area contributed by atoms with Crippen molar-refractivity contribution in [2.75, 3.05) is 13.1 Å². The van der Waals surface area contributed by atoms with Gasteiger partial charge in [-0.2, -0.15) is 0 Å². The van der Waals surface area contributed by atoms with Gasteiger partial charge in [0.2, 0.25) is 0 Å². The maximum absolute atomic E-state index is 5.30. The first-order chi connectivity index (χ1) is 4.77. The van der Waals surface area contributed by atoms with Gasteiger partial charge in [-0.25, -0.2) is 0 Å². The average molecular weight is 160 g/mol. The van der Waals surface area contributed by atoms with Gasteiger partial charge in [0, 0.05) is 12.1 Å². The van der Waals surface area contributed by atoms with Gasteiger partial charge >= 0.3 is 0 Å². The van der Waals surface area contributed by atoms with Crippen LogP contribution in [0.5, 0.6) is 0 Å². The minimum Gasteiger partial charge on any atom is -0.313 e. The van der Waals surface area contributed by atoms with Crippen LogP contribution in [0.3, 0.4) is 0 Å². The standard InChI is InChI=1S/C8H14ClN/c1-8(2)4-7-10-6-3-5-9/h3,5,10H,1,4,6-7H2,2H3/b5-3+. The van der Waals surface area contributed by atoms with E-state index in [0.717, 1.165) is 19.5 Å². The summed E-state index contributed by atoms with van der Waals surface area (Å²) in [6, 6.07) is 0. The Kier molecular flexibility index (Phi) is 6.66. The molecule has 0 unspecified atom stereocenters. The lowest BCUT2D eigenvalue weighted by Crippen LogP contribution is -2.14. The third-order valence-corrected chi connectivity index (χ3v) is 1.26. The molecule has 58 valence electrons. The number of halogens is 1. The molecule has 0 atom stereocenters. The molecule has 0 saturated carbocycles. The SMILES string of the molecule is C=C(C)CCNC/C=C/Cl. The number of hydrogen-bond donors (Lipinski definition) is 1. The Bertz CT molecular complexity index is 118. The molecule has 2 heteroatoms. The molecule has 1 N–H and O–H groups in total. The average Bonchev–Trinajstić information content (AvgIpc) is 1.87. The highest BCUT2D eigenvalue weighted by molar-refractivity contribution is 6.25. The van der Waals surface area contributed by atoms with Gasteiger partial charge in [-0.05, 0) is 19.9 Å². The summed E-state index contributed by atoms with van der Waals surface area (Å²) in [6.07, 6.45) is 2.91. The maximum atomic E-state index is 5.30. The summed E-state index contributed by atoms with van der Waals surface area (Å²) < 4.78 is 0. The summed E-state index contributed by atoms with van der Waals surface area (Å²) >= 11 is 5.30. The molecule has 0 amide bonds. The highest BCUT2D eigenvalue weighted by Gasteiger charge is 1.84. The van der Waals surface area contributed by atoms with Crippen LogP contribution in [0.25, 0.3) is 0 Å². The lowest BCUT2D eigenvalue weighted by Gasteiger charge is -1.99. The van der Waals surface area contributed by atoms with Crippen LogP contribution in [0.1, 0.15) is 13.3 Å². The van der Waals surface area contributed by atoms with Gasteiger partial charge < -0.3 is 5.32 Å². The van der Waals surface area contributed by atoms with Gasteiger partial charge in [0.25, 0.3) is 0 Å². The molecule has 0 bridgehead atoms. The summed E-state index contributed by atoms with van der Waals surface area (Å²) in [5, 5.41) is 3.19. The van der Waals surface area contributed by atoms with Crippen molar-refractivity contribution in [3.63, 3.8) is 0 Å². The third-order valence-electron chi connectivity index (χ3n) is 1.08. The highest BCUT2D eigenvalue weighted by Crippen LogP contribution is 1.91. The van der Waals surface area contributed by atoms with Crippen LogP contribution in [-0.2, 0) is 0 Å². The molecule has 0 aliphatic carbocycles. The maximum Gasteiger partial charge on any atom is 0.0146 e. The third kappa shape index (κ3) is 7.73. The normalized spacial score (nSPS) is 10.6. The molecule has 10 heavy (non-hydrogen) atoms. The zero-order valence-electron chi connectivity index (χ0n) is 6.36. The summed E-state index contributed by atoms with van der Waals surface area (Å²) in [5.41, 5.74) is 2.73. The Balaban J connectivity index is 2.98. The molecule has 0 aliphatic rings. The topological polar surface area (TPSA) is 12.0 Å². The lowest BCUT2D eigenvalue weighted by atomic mass is 10.2. The number of hydrogen-bond acceptors (Lipinski definition) is 1. The van der Waals surface area contributed by atoms with E-state index in [0.29, 0.717) is 0 Å². The van der Waals surface area contributed by atoms with Crippen molar-refractivity contribution in [1.82, 2.24) is 5.32 Å². The van der Waals surface area contributed by atoms with E-state index in [2.05, 4.69) is 11.9 Å². The summed E-state index contributed by atoms with van der Waals surface area (Å²) in [5.74, 6) is 0. The van der Waals surface area contributed by atoms with Gasteiger partial charge in [0.1, 0.15) is 0 Å². The molecule has 0 radical (unpaired) electrons. The monoisotopic (exact) mass is 159 g/mol. The molecule has 0 aromatic carbocycles. The minimum atomic E-state index is 0.844. The van der Waals surface area contributed by atoms with Crippen LogP contribution >= 0.6 is 11.6 Å². The molecule has 0 aliphatic heterocycles. The molecule has 0 aromatic heterocycles. The molecular formula is C8H14ClN. The first-order valence-corrected chi connectivity index (χ1v) is 3.81. The van der Waals surface area contributed by atoms with Crippen LogP contribution < -0.4 is 5.32 Å². The lowest BCUT2D eigenvalue weighted by molar-refractivity contribution is 0.741. The van der Waals surface area contributed by atoms with Crippen LogP contribution in [0, 0.1) is 0 Å². The Hall–Kier alpha value is -0.270. The predicted octanol–water partition coefficient (Wildman–Crippen LogP) is 2.29. The molecule has 0 spiro atoms. The predicted molar refractivity (Wildman–Crippen MR) is 47.3 cm³/mol. The van der Waals surface area contributed by atoms with Crippen molar-refractivity contribution in [3.05, 3.63) is 23.8 Å². The van der Waals surface area contributed by atoms with Gasteiger partial charge in [-0.1, -0.05) is 23.3 Å². The van der Waals surface area contributed by atoms with Crippen LogP contribution in [0.15, 0.2) is 23.8 Å². The Morgan fingerprint density at radius 3 is 2.90 bits per heavy atom. The zero-order chi connectivity index (χ0) is 7.82. The van der Waals surface area contributed by atoms with Crippen LogP contribution in [0.4, 0.5) is 0 Å². The van der Waals surface area contributed by atoms with E-state index in [-0.39, 0.29) is 0 Å². The Labute approximate surface area is 67.8 Å². The van der Waals surface area contributed by atoms with Gasteiger partial charge in [-0.3, -0.25) is 0 Å². The molecule has 0 heterocycles. The first-order valence-electron chi connectivity index (χ1n) is 3.37. The molecule has 0 saturated heterocycles. The summed E-state index contributed by atoms with van der Waals surface area (Å²) in [6.45, 7) is 7.64. The number of rotatable bonds is 5. The smallest absolute Gasteiger partial charge is 0.0146 e. The van der Waals surface area contributed by atoms with E-state index in [4.69, 9.17) is 11.6 Å². The van der Waals surface area contributed by atoms with Crippen molar-refractivity contribution in [2.45, 2.75) is 13.3 Å². The highest BCUT2D eigenvalue weighted by atomic mass is 35.5. The van der Waals surface area contributed by atoms with Gasteiger partial charge in [-0.15, -0.1) is 6.58 Å². The van der Waals surface area contributed by atoms with E-state index < -0.39 is 0 Å². The molecule has 1 nitrogen and oxygen atoms in total. The largest absolute Gasteiger partial charge is 0.313 e. The molecule has 0 fully saturated rings. The summed E-state index contributed by atoms with van der Waals surface area (Å²) in [7, 11) is 0. The van der Waals surface area contributed by atoms with Gasteiger partial charge in [0.15, 0.2) is 0 Å². The van der Waals surface area contributed by atoms with Crippen LogP contribution in [-0.4, -0.2) is 13.1 Å². The minimum absolute atomic E-state index is 0.844. The zero-order valence-corrected chi connectivity index (χ0v) is 7.12. The van der Waals surface area contributed by atoms with E-state index in [1.807, 2.05) is 13.0 Å². The van der Waals surface area contributed by atoms with Crippen molar-refractivity contribution in [3.8, 4) is 0 Å². The van der Waals surface area contributed by atoms with E-state index >= 15 is 0 Å². The van der Waals surface area contributed by atoms with Crippen molar-refractivity contribution in [1.29, 1.82) is 0 Å². The molecular weight excluding hydrogens is 146 g/mol. The second-order valence-electron chi connectivity index (χ2n) is 2.27. The van der Waals surface area contributed by atoms with Crippen molar-refractivity contribution >= 4 is 11.6 Å². The second kappa shape index (κ2) is 6.84. The second-order valence-corrected chi connectivity index (χ2v) is 2.52. The fraction of sp³-hybridized carbons (Fsp3) is 0.500. The summed E-state index contributed by atoms with van der Waals surface area (Å²) in [4.78, 5) is 0. The van der Waals surface area contributed by atoms with Crippen molar-refractivity contribution < 1.29 is 0 Å². The van der Waals surface area contributed by atoms with E-state index in [1.165, 1.54) is 11.1 Å². The van der Waals surface area contributed by atoms with Crippen LogP contribution in [0.2, 0.25) is 0 Å². The quantitative estimate of drug-likeness (QED) is 0.480.